The summed E-state index contributed by atoms with van der Waals surface area (Å²) < 4.78 is 7.02. The summed E-state index contributed by atoms with van der Waals surface area (Å²) in [5, 5.41) is 4.11. The Morgan fingerprint density at radius 2 is 2.19 bits per heavy atom. The fourth-order valence-electron chi connectivity index (χ4n) is 2.25. The predicted molar refractivity (Wildman–Crippen MR) is 81.7 cm³/mol. The molecule has 0 aliphatic carbocycles. The Labute approximate surface area is 127 Å². The topological polar surface area (TPSA) is 57.0 Å². The van der Waals surface area contributed by atoms with Crippen molar-refractivity contribution in [1.82, 2.24) is 14.8 Å². The predicted octanol–water partition coefficient (Wildman–Crippen LogP) is 2.57. The Kier molecular flexibility index (Phi) is 4.55. The number of aromatic nitrogens is 3. The molecule has 1 aliphatic rings. The van der Waals surface area contributed by atoms with Crippen LogP contribution in [-0.4, -0.2) is 38.8 Å². The van der Waals surface area contributed by atoms with E-state index in [2.05, 4.69) is 10.1 Å². The van der Waals surface area contributed by atoms with Crippen LogP contribution < -0.4 is 0 Å². The molecule has 0 N–H and O–H groups in total. The van der Waals surface area contributed by atoms with Crippen LogP contribution in [0.3, 0.4) is 0 Å². The van der Waals surface area contributed by atoms with Crippen LogP contribution in [0.5, 0.6) is 0 Å². The summed E-state index contributed by atoms with van der Waals surface area (Å²) in [4.78, 5) is 16.4. The summed E-state index contributed by atoms with van der Waals surface area (Å²) in [6, 6.07) is 7.08. The molecule has 5 nitrogen and oxygen atoms in total. The summed E-state index contributed by atoms with van der Waals surface area (Å²) in [5.74, 6) is 3.07. The number of carbonyl (C=O) groups excluding carboxylic acids is 1. The minimum Gasteiger partial charge on any atom is -0.461 e. The molecule has 3 heterocycles. The Hall–Kier alpha value is -1.82. The molecule has 0 amide bonds. The summed E-state index contributed by atoms with van der Waals surface area (Å²) in [6.07, 6.45) is 5.71. The molecule has 1 fully saturated rings. The summed E-state index contributed by atoms with van der Waals surface area (Å²) in [6.45, 7) is 0.493. The molecule has 2 aromatic rings. The number of esters is 1. The zero-order valence-electron chi connectivity index (χ0n) is 11.6. The van der Waals surface area contributed by atoms with Gasteiger partial charge in [0.2, 0.25) is 0 Å². The van der Waals surface area contributed by atoms with Crippen LogP contribution in [-0.2, 0) is 4.74 Å². The van der Waals surface area contributed by atoms with Gasteiger partial charge < -0.3 is 4.74 Å². The second-order valence-electron chi connectivity index (χ2n) is 4.99. The SMILES string of the molecule is O=C(OCC1CCSCC1)c1cccc(-n2cccn2)n1. The second kappa shape index (κ2) is 6.76. The maximum Gasteiger partial charge on any atom is 0.357 e. The third kappa shape index (κ3) is 3.64. The maximum absolute atomic E-state index is 12.1. The molecule has 0 saturated carbocycles. The molecule has 0 radical (unpaired) electrons. The Morgan fingerprint density at radius 3 is 2.95 bits per heavy atom. The fraction of sp³-hybridized carbons (Fsp3) is 0.400. The molecule has 0 unspecified atom stereocenters. The number of hydrogen-bond acceptors (Lipinski definition) is 5. The molecule has 2 aromatic heterocycles. The minimum atomic E-state index is -0.359. The van der Waals surface area contributed by atoms with Crippen molar-refractivity contribution in [2.24, 2.45) is 5.92 Å². The largest absolute Gasteiger partial charge is 0.461 e. The molecule has 0 spiro atoms. The van der Waals surface area contributed by atoms with Gasteiger partial charge in [0, 0.05) is 12.4 Å². The first-order valence-electron chi connectivity index (χ1n) is 7.05. The van der Waals surface area contributed by atoms with E-state index in [4.69, 9.17) is 4.74 Å². The van der Waals surface area contributed by atoms with Gasteiger partial charge in [-0.2, -0.15) is 16.9 Å². The first-order chi connectivity index (χ1) is 10.3. The van der Waals surface area contributed by atoms with Crippen LogP contribution in [0, 0.1) is 5.92 Å². The number of nitrogens with zero attached hydrogens (tertiary/aromatic N) is 3. The summed E-state index contributed by atoms with van der Waals surface area (Å²) >= 11 is 1.97. The van der Waals surface area contributed by atoms with Crippen LogP contribution >= 0.6 is 11.8 Å². The van der Waals surface area contributed by atoms with Gasteiger partial charge in [0.05, 0.1) is 6.61 Å². The van der Waals surface area contributed by atoms with Gasteiger partial charge in [-0.05, 0) is 48.5 Å². The molecular formula is C15H17N3O2S. The van der Waals surface area contributed by atoms with Gasteiger partial charge in [-0.25, -0.2) is 14.5 Å². The molecule has 110 valence electrons. The first kappa shape index (κ1) is 14.1. The standard InChI is InChI=1S/C15H17N3O2S/c19-15(20-11-12-5-9-21-10-6-12)13-3-1-4-14(17-13)18-8-2-7-16-18/h1-4,7-8,12H,5-6,9-11H2. The zero-order valence-corrected chi connectivity index (χ0v) is 12.5. The number of rotatable bonds is 4. The van der Waals surface area contributed by atoms with Crippen molar-refractivity contribution in [2.75, 3.05) is 18.1 Å². The number of thioether (sulfide) groups is 1. The van der Waals surface area contributed by atoms with Crippen molar-refractivity contribution in [1.29, 1.82) is 0 Å². The lowest BCUT2D eigenvalue weighted by atomic mass is 10.0. The van der Waals surface area contributed by atoms with E-state index in [1.807, 2.05) is 23.9 Å². The van der Waals surface area contributed by atoms with Crippen LogP contribution in [0.2, 0.25) is 0 Å². The van der Waals surface area contributed by atoms with Crippen molar-refractivity contribution in [3.8, 4) is 5.82 Å². The average molecular weight is 303 g/mol. The van der Waals surface area contributed by atoms with E-state index in [1.165, 1.54) is 0 Å². The van der Waals surface area contributed by atoms with Gasteiger partial charge in [0.15, 0.2) is 11.5 Å². The van der Waals surface area contributed by atoms with Gasteiger partial charge in [0.1, 0.15) is 0 Å². The second-order valence-corrected chi connectivity index (χ2v) is 6.21. The summed E-state index contributed by atoms with van der Waals surface area (Å²) in [7, 11) is 0. The number of ether oxygens (including phenoxy) is 1. The van der Waals surface area contributed by atoms with Crippen LogP contribution in [0.15, 0.2) is 36.7 Å². The summed E-state index contributed by atoms with van der Waals surface area (Å²) in [5.41, 5.74) is 0.327. The van der Waals surface area contributed by atoms with Crippen molar-refractivity contribution < 1.29 is 9.53 Å². The van der Waals surface area contributed by atoms with Gasteiger partial charge in [-0.1, -0.05) is 6.07 Å². The van der Waals surface area contributed by atoms with Crippen molar-refractivity contribution >= 4 is 17.7 Å². The Bertz CT molecular complexity index is 595. The zero-order chi connectivity index (χ0) is 14.5. The molecule has 21 heavy (non-hydrogen) atoms. The van der Waals surface area contributed by atoms with Gasteiger partial charge in [-0.15, -0.1) is 0 Å². The minimum absolute atomic E-state index is 0.327. The fourth-order valence-corrected chi connectivity index (χ4v) is 3.45. The highest BCUT2D eigenvalue weighted by atomic mass is 32.2. The normalized spacial score (nSPS) is 15.8. The molecule has 0 atom stereocenters. The third-order valence-corrected chi connectivity index (χ3v) is 4.52. The van der Waals surface area contributed by atoms with E-state index < -0.39 is 0 Å². The van der Waals surface area contributed by atoms with E-state index in [1.54, 1.807) is 29.2 Å². The number of carbonyl (C=O) groups is 1. The average Bonchev–Trinajstić information content (AvgIpc) is 3.08. The molecule has 0 bridgehead atoms. The maximum atomic E-state index is 12.1. The lowest BCUT2D eigenvalue weighted by molar-refractivity contribution is 0.0426. The highest BCUT2D eigenvalue weighted by Crippen LogP contribution is 2.23. The van der Waals surface area contributed by atoms with Crippen LogP contribution in [0.4, 0.5) is 0 Å². The van der Waals surface area contributed by atoms with E-state index in [9.17, 15) is 4.79 Å². The van der Waals surface area contributed by atoms with Crippen molar-refractivity contribution in [3.05, 3.63) is 42.4 Å². The van der Waals surface area contributed by atoms with E-state index in [0.29, 0.717) is 24.0 Å². The van der Waals surface area contributed by atoms with E-state index in [-0.39, 0.29) is 5.97 Å². The molecule has 6 heteroatoms. The van der Waals surface area contributed by atoms with Crippen molar-refractivity contribution in [3.63, 3.8) is 0 Å². The van der Waals surface area contributed by atoms with Gasteiger partial charge in [-0.3, -0.25) is 0 Å². The van der Waals surface area contributed by atoms with Crippen molar-refractivity contribution in [2.45, 2.75) is 12.8 Å². The third-order valence-electron chi connectivity index (χ3n) is 3.47. The molecule has 1 saturated heterocycles. The highest BCUT2D eigenvalue weighted by Gasteiger charge is 2.17. The molecular weight excluding hydrogens is 286 g/mol. The van der Waals surface area contributed by atoms with Crippen LogP contribution in [0.25, 0.3) is 5.82 Å². The highest BCUT2D eigenvalue weighted by molar-refractivity contribution is 7.99. The first-order valence-corrected chi connectivity index (χ1v) is 8.20. The molecule has 3 rings (SSSR count). The Morgan fingerprint density at radius 1 is 1.33 bits per heavy atom. The number of hydrogen-bond donors (Lipinski definition) is 0. The molecule has 1 aliphatic heterocycles. The van der Waals surface area contributed by atoms with Crippen LogP contribution in [0.1, 0.15) is 23.3 Å². The Balaban J connectivity index is 1.63. The monoisotopic (exact) mass is 303 g/mol. The smallest absolute Gasteiger partial charge is 0.357 e. The number of pyridine rings is 1. The van der Waals surface area contributed by atoms with Gasteiger partial charge in [0.25, 0.3) is 0 Å². The molecule has 0 aromatic carbocycles. The lowest BCUT2D eigenvalue weighted by Gasteiger charge is -2.20. The quantitative estimate of drug-likeness (QED) is 0.813. The van der Waals surface area contributed by atoms with E-state index >= 15 is 0 Å². The van der Waals surface area contributed by atoms with Gasteiger partial charge >= 0.3 is 5.97 Å². The van der Waals surface area contributed by atoms with E-state index in [0.717, 1.165) is 24.3 Å². The lowest BCUT2D eigenvalue weighted by Crippen LogP contribution is -2.19.